The molecule has 0 aromatic heterocycles. The molecule has 2 aliphatic carbocycles. The van der Waals surface area contributed by atoms with Crippen molar-refractivity contribution in [3.8, 4) is 0 Å². The normalized spacial score (nSPS) is 40.0. The molecule has 4 heteroatoms. The van der Waals surface area contributed by atoms with Gasteiger partial charge in [-0.05, 0) is 50.4 Å². The summed E-state index contributed by atoms with van der Waals surface area (Å²) in [7, 11) is 1.34. The lowest BCUT2D eigenvalue weighted by Gasteiger charge is -2.50. The van der Waals surface area contributed by atoms with Crippen molar-refractivity contribution in [3.05, 3.63) is 12.2 Å². The van der Waals surface area contributed by atoms with Gasteiger partial charge in [-0.2, -0.15) is 0 Å². The molecule has 0 heterocycles. The van der Waals surface area contributed by atoms with E-state index in [1.54, 1.807) is 6.92 Å². The number of rotatable bonds is 3. The molecule has 0 saturated heterocycles. The number of carbonyl (C=O) groups excluding carboxylic acids is 2. The van der Waals surface area contributed by atoms with Crippen LogP contribution < -0.4 is 0 Å². The Morgan fingerprint density at radius 2 is 1.90 bits per heavy atom. The van der Waals surface area contributed by atoms with E-state index in [1.807, 2.05) is 0 Å². The molecule has 0 radical (unpaired) electrons. The lowest BCUT2D eigenvalue weighted by Crippen LogP contribution is -2.52. The van der Waals surface area contributed by atoms with Crippen molar-refractivity contribution in [2.45, 2.75) is 52.1 Å². The number of hydrogen-bond acceptors (Lipinski definition) is 4. The highest BCUT2D eigenvalue weighted by molar-refractivity contribution is 5.89. The van der Waals surface area contributed by atoms with Crippen LogP contribution in [0.25, 0.3) is 0 Å². The van der Waals surface area contributed by atoms with E-state index in [0.29, 0.717) is 18.4 Å². The molecule has 0 aromatic rings. The number of aliphatic hydroxyl groups is 1. The summed E-state index contributed by atoms with van der Waals surface area (Å²) in [5, 5.41) is 10.4. The van der Waals surface area contributed by atoms with Gasteiger partial charge in [0.15, 0.2) is 0 Å². The SMILES string of the molecule is C=C(C(=O)OC)[C@H]1CC[C@@]2(C)CC[C@@H](O)[C@@]2(C(C)=O)C1. The Morgan fingerprint density at radius 1 is 1.30 bits per heavy atom. The molecule has 4 atom stereocenters. The van der Waals surface area contributed by atoms with Gasteiger partial charge in [-0.1, -0.05) is 13.5 Å². The zero-order valence-corrected chi connectivity index (χ0v) is 12.6. The van der Waals surface area contributed by atoms with Gasteiger partial charge < -0.3 is 9.84 Å². The van der Waals surface area contributed by atoms with Gasteiger partial charge in [0.2, 0.25) is 0 Å². The Bertz CT molecular complexity index is 455. The highest BCUT2D eigenvalue weighted by atomic mass is 16.5. The van der Waals surface area contributed by atoms with Gasteiger partial charge in [-0.15, -0.1) is 0 Å². The van der Waals surface area contributed by atoms with Crippen molar-refractivity contribution in [2.24, 2.45) is 16.7 Å². The fourth-order valence-corrected chi connectivity index (χ4v) is 4.44. The maximum absolute atomic E-state index is 12.3. The van der Waals surface area contributed by atoms with Crippen molar-refractivity contribution in [3.63, 3.8) is 0 Å². The van der Waals surface area contributed by atoms with Crippen LogP contribution in [0.3, 0.4) is 0 Å². The number of aliphatic hydroxyl groups excluding tert-OH is 1. The predicted molar refractivity (Wildman–Crippen MR) is 75.0 cm³/mol. The number of ketones is 1. The fraction of sp³-hybridized carbons (Fsp3) is 0.750. The van der Waals surface area contributed by atoms with Gasteiger partial charge in [-0.25, -0.2) is 4.79 Å². The van der Waals surface area contributed by atoms with Gasteiger partial charge >= 0.3 is 5.97 Å². The number of fused-ring (bicyclic) bond motifs is 1. The Kier molecular flexibility index (Phi) is 3.80. The minimum Gasteiger partial charge on any atom is -0.466 e. The van der Waals surface area contributed by atoms with Crippen LogP contribution in [0.5, 0.6) is 0 Å². The second-order valence-electron chi connectivity index (χ2n) is 6.60. The van der Waals surface area contributed by atoms with Crippen molar-refractivity contribution >= 4 is 11.8 Å². The molecule has 2 aliphatic rings. The summed E-state index contributed by atoms with van der Waals surface area (Å²) < 4.78 is 4.74. The standard InChI is InChI=1S/C16H24O4/c1-10(14(19)20-4)12-5-7-15(3)8-6-13(18)16(15,9-12)11(2)17/h12-13,18H,1,5-9H2,2-4H3/t12-,13+,15-,16-/m0/s1. The predicted octanol–water partition coefficient (Wildman–Crippen LogP) is 2.25. The molecule has 1 N–H and O–H groups in total. The number of methoxy groups -OCH3 is 1. The number of hydrogen-bond donors (Lipinski definition) is 1. The number of Topliss-reactive ketones (excluding diaryl/α,β-unsaturated/α-hetero) is 1. The van der Waals surface area contributed by atoms with E-state index in [0.717, 1.165) is 19.3 Å². The number of ether oxygens (including phenoxy) is 1. The first-order valence-corrected chi connectivity index (χ1v) is 7.25. The first-order valence-electron chi connectivity index (χ1n) is 7.25. The molecule has 0 spiro atoms. The summed E-state index contributed by atoms with van der Waals surface area (Å²) in [6.07, 6.45) is 3.08. The summed E-state index contributed by atoms with van der Waals surface area (Å²) in [5.41, 5.74) is -0.466. The molecular formula is C16H24O4. The molecule has 20 heavy (non-hydrogen) atoms. The first-order chi connectivity index (χ1) is 9.28. The molecule has 0 unspecified atom stereocenters. The summed E-state index contributed by atoms with van der Waals surface area (Å²) in [5.74, 6) is -0.454. The minimum absolute atomic E-state index is 0.0346. The summed E-state index contributed by atoms with van der Waals surface area (Å²) in [6, 6.07) is 0. The lowest BCUT2D eigenvalue weighted by atomic mass is 9.53. The zero-order valence-electron chi connectivity index (χ0n) is 12.6. The average Bonchev–Trinajstić information content (AvgIpc) is 2.70. The molecule has 2 rings (SSSR count). The fourth-order valence-electron chi connectivity index (χ4n) is 4.44. The molecule has 2 saturated carbocycles. The van der Waals surface area contributed by atoms with Crippen LogP contribution in [-0.2, 0) is 14.3 Å². The van der Waals surface area contributed by atoms with Gasteiger partial charge in [0, 0.05) is 5.57 Å². The van der Waals surface area contributed by atoms with Gasteiger partial charge in [0.25, 0.3) is 0 Å². The van der Waals surface area contributed by atoms with Crippen LogP contribution in [0.15, 0.2) is 12.2 Å². The second kappa shape index (κ2) is 4.99. The van der Waals surface area contributed by atoms with E-state index in [9.17, 15) is 14.7 Å². The van der Waals surface area contributed by atoms with Crippen LogP contribution in [0, 0.1) is 16.7 Å². The summed E-state index contributed by atoms with van der Waals surface area (Å²) >= 11 is 0. The molecule has 0 aromatic carbocycles. The Labute approximate surface area is 120 Å². The molecule has 2 fully saturated rings. The van der Waals surface area contributed by atoms with E-state index in [2.05, 4.69) is 13.5 Å². The molecule has 4 nitrogen and oxygen atoms in total. The van der Waals surface area contributed by atoms with Crippen molar-refractivity contribution in [2.75, 3.05) is 7.11 Å². The number of esters is 1. The van der Waals surface area contributed by atoms with Crippen molar-refractivity contribution in [1.29, 1.82) is 0 Å². The van der Waals surface area contributed by atoms with Crippen LogP contribution in [0.4, 0.5) is 0 Å². The third-order valence-electron chi connectivity index (χ3n) is 5.80. The first kappa shape index (κ1) is 15.2. The van der Waals surface area contributed by atoms with E-state index in [1.165, 1.54) is 7.11 Å². The molecule has 0 aliphatic heterocycles. The van der Waals surface area contributed by atoms with Gasteiger partial charge in [0.05, 0.1) is 18.6 Å². The minimum atomic E-state index is -0.729. The van der Waals surface area contributed by atoms with Crippen LogP contribution in [0.2, 0.25) is 0 Å². The van der Waals surface area contributed by atoms with Crippen LogP contribution in [-0.4, -0.2) is 30.1 Å². The monoisotopic (exact) mass is 280 g/mol. The topological polar surface area (TPSA) is 63.6 Å². The largest absolute Gasteiger partial charge is 0.466 e. The van der Waals surface area contributed by atoms with Crippen molar-refractivity contribution < 1.29 is 19.4 Å². The Morgan fingerprint density at radius 3 is 2.45 bits per heavy atom. The van der Waals surface area contributed by atoms with E-state index < -0.39 is 17.5 Å². The second-order valence-corrected chi connectivity index (χ2v) is 6.60. The molecule has 0 amide bonds. The third kappa shape index (κ3) is 1.93. The van der Waals surface area contributed by atoms with Crippen LogP contribution in [0.1, 0.15) is 46.0 Å². The summed E-state index contributed by atoms with van der Waals surface area (Å²) in [6.45, 7) is 7.50. The Hall–Kier alpha value is -1.16. The zero-order chi connectivity index (χ0) is 15.1. The quantitative estimate of drug-likeness (QED) is 0.636. The van der Waals surface area contributed by atoms with Crippen LogP contribution >= 0.6 is 0 Å². The highest BCUT2D eigenvalue weighted by Crippen LogP contribution is 2.63. The molecule has 0 bridgehead atoms. The molecular weight excluding hydrogens is 256 g/mol. The Balaban J connectivity index is 2.33. The smallest absolute Gasteiger partial charge is 0.333 e. The molecule has 112 valence electrons. The van der Waals surface area contributed by atoms with E-state index in [4.69, 9.17) is 4.74 Å². The maximum Gasteiger partial charge on any atom is 0.333 e. The van der Waals surface area contributed by atoms with E-state index >= 15 is 0 Å². The van der Waals surface area contributed by atoms with Crippen molar-refractivity contribution in [1.82, 2.24) is 0 Å². The maximum atomic E-state index is 12.3. The lowest BCUT2D eigenvalue weighted by molar-refractivity contribution is -0.148. The van der Waals surface area contributed by atoms with Gasteiger partial charge in [0.1, 0.15) is 5.78 Å². The van der Waals surface area contributed by atoms with E-state index in [-0.39, 0.29) is 17.1 Å². The third-order valence-corrected chi connectivity index (χ3v) is 5.80. The summed E-state index contributed by atoms with van der Waals surface area (Å²) in [4.78, 5) is 24.0. The number of carbonyl (C=O) groups is 2. The highest BCUT2D eigenvalue weighted by Gasteiger charge is 2.62. The van der Waals surface area contributed by atoms with Gasteiger partial charge in [-0.3, -0.25) is 4.79 Å². The average molecular weight is 280 g/mol.